The summed E-state index contributed by atoms with van der Waals surface area (Å²) in [4.78, 5) is 0. The number of rotatable bonds is 5. The van der Waals surface area contributed by atoms with Crippen molar-refractivity contribution in [2.75, 3.05) is 6.54 Å². The molecule has 0 atom stereocenters. The summed E-state index contributed by atoms with van der Waals surface area (Å²) in [6.45, 7) is 6.92. The minimum Gasteiger partial charge on any atom is -0.314 e. The molecule has 0 spiro atoms. The quantitative estimate of drug-likeness (QED) is 0.795. The number of hydrogen-bond donors (Lipinski definition) is 1. The minimum absolute atomic E-state index is 0.577. The summed E-state index contributed by atoms with van der Waals surface area (Å²) >= 11 is 0. The third-order valence-electron chi connectivity index (χ3n) is 3.90. The highest BCUT2D eigenvalue weighted by atomic mass is 15.3. The molecule has 3 heteroatoms. The van der Waals surface area contributed by atoms with Gasteiger partial charge in [-0.1, -0.05) is 13.8 Å². The molecular formula is C14H25N3. The van der Waals surface area contributed by atoms with Gasteiger partial charge in [0.1, 0.15) is 0 Å². The van der Waals surface area contributed by atoms with E-state index < -0.39 is 0 Å². The molecule has 1 saturated carbocycles. The average molecular weight is 235 g/mol. The van der Waals surface area contributed by atoms with Gasteiger partial charge in [-0.25, -0.2) is 0 Å². The molecule has 1 aromatic rings. The summed E-state index contributed by atoms with van der Waals surface area (Å²) in [6, 6.07) is 2.73. The van der Waals surface area contributed by atoms with Crippen molar-refractivity contribution in [1.82, 2.24) is 15.1 Å². The average Bonchev–Trinajstić information content (AvgIpc) is 2.79. The van der Waals surface area contributed by atoms with E-state index >= 15 is 0 Å². The summed E-state index contributed by atoms with van der Waals surface area (Å²) in [5, 5.41) is 7.89. The van der Waals surface area contributed by atoms with Crippen LogP contribution in [-0.2, 0) is 6.54 Å². The molecule has 1 aliphatic carbocycles. The molecule has 1 fully saturated rings. The lowest BCUT2D eigenvalue weighted by atomic mass is 9.75. The zero-order valence-electron chi connectivity index (χ0n) is 11.2. The lowest BCUT2D eigenvalue weighted by Gasteiger charge is -2.34. The predicted octanol–water partition coefficient (Wildman–Crippen LogP) is 2.83. The van der Waals surface area contributed by atoms with Crippen molar-refractivity contribution in [1.29, 1.82) is 0 Å². The fourth-order valence-electron chi connectivity index (χ4n) is 2.58. The minimum atomic E-state index is 0.577. The van der Waals surface area contributed by atoms with Crippen LogP contribution < -0.4 is 5.32 Å². The molecule has 1 heterocycles. The molecule has 96 valence electrons. The van der Waals surface area contributed by atoms with Crippen molar-refractivity contribution >= 4 is 0 Å². The number of nitrogens with zero attached hydrogens (tertiary/aromatic N) is 2. The Bertz CT molecular complexity index is 306. The van der Waals surface area contributed by atoms with Gasteiger partial charge in [-0.05, 0) is 50.1 Å². The fourth-order valence-corrected chi connectivity index (χ4v) is 2.58. The first kappa shape index (κ1) is 12.6. The first-order valence-corrected chi connectivity index (χ1v) is 6.87. The van der Waals surface area contributed by atoms with E-state index in [9.17, 15) is 0 Å². The molecule has 0 saturated heterocycles. The van der Waals surface area contributed by atoms with Crippen molar-refractivity contribution in [2.45, 2.75) is 58.5 Å². The van der Waals surface area contributed by atoms with Crippen molar-refractivity contribution in [3.8, 4) is 0 Å². The molecule has 1 aliphatic rings. The zero-order chi connectivity index (χ0) is 12.1. The fraction of sp³-hybridized carbons (Fsp3) is 0.786. The maximum Gasteiger partial charge on any atom is 0.0489 e. The van der Waals surface area contributed by atoms with Crippen LogP contribution in [0.2, 0.25) is 0 Å². The van der Waals surface area contributed by atoms with E-state index in [-0.39, 0.29) is 0 Å². The number of aromatic nitrogens is 2. The Hall–Kier alpha value is -0.830. The Morgan fingerprint density at radius 1 is 1.35 bits per heavy atom. The molecule has 17 heavy (non-hydrogen) atoms. The third kappa shape index (κ3) is 4.15. The maximum atomic E-state index is 4.21. The molecule has 0 aromatic carbocycles. The van der Waals surface area contributed by atoms with Crippen LogP contribution in [0.3, 0.4) is 0 Å². The smallest absolute Gasteiger partial charge is 0.0489 e. The van der Waals surface area contributed by atoms with Crippen LogP contribution in [0, 0.1) is 5.41 Å². The van der Waals surface area contributed by atoms with Gasteiger partial charge < -0.3 is 5.32 Å². The number of nitrogens with one attached hydrogen (secondary N) is 1. The van der Waals surface area contributed by atoms with Crippen molar-refractivity contribution in [2.24, 2.45) is 5.41 Å². The number of aryl methyl sites for hydroxylation is 1. The maximum absolute atomic E-state index is 4.21. The second-order valence-electron chi connectivity index (χ2n) is 6.02. The summed E-state index contributed by atoms with van der Waals surface area (Å²) < 4.78 is 2.01. The van der Waals surface area contributed by atoms with E-state index in [1.807, 2.05) is 23.1 Å². The second kappa shape index (κ2) is 5.67. The monoisotopic (exact) mass is 235 g/mol. The van der Waals surface area contributed by atoms with Gasteiger partial charge in [-0.3, -0.25) is 4.68 Å². The van der Waals surface area contributed by atoms with Gasteiger partial charge in [-0.2, -0.15) is 5.10 Å². The first-order valence-electron chi connectivity index (χ1n) is 6.87. The Morgan fingerprint density at radius 3 is 2.76 bits per heavy atom. The van der Waals surface area contributed by atoms with E-state index in [1.54, 1.807) is 0 Å². The van der Waals surface area contributed by atoms with Crippen LogP contribution in [0.5, 0.6) is 0 Å². The summed E-state index contributed by atoms with van der Waals surface area (Å²) in [6.07, 6.45) is 10.5. The highest BCUT2D eigenvalue weighted by Gasteiger charge is 2.26. The SMILES string of the molecule is CC1(C)CCC(NCCCn2cccn2)CC1. The van der Waals surface area contributed by atoms with E-state index in [0.29, 0.717) is 5.41 Å². The molecular weight excluding hydrogens is 210 g/mol. The standard InChI is InChI=1S/C14H25N3/c1-14(2)7-5-13(6-8-14)15-9-3-11-17-12-4-10-16-17/h4,10,12-13,15H,3,5-9,11H2,1-2H3. The first-order chi connectivity index (χ1) is 8.16. The summed E-state index contributed by atoms with van der Waals surface area (Å²) in [5.41, 5.74) is 0.577. The Labute approximate surface area is 105 Å². The van der Waals surface area contributed by atoms with Crippen LogP contribution in [0.1, 0.15) is 46.0 Å². The normalized spacial score (nSPS) is 20.6. The topological polar surface area (TPSA) is 29.9 Å². The Balaban J connectivity index is 1.57. The largest absolute Gasteiger partial charge is 0.314 e. The van der Waals surface area contributed by atoms with Crippen LogP contribution >= 0.6 is 0 Å². The van der Waals surface area contributed by atoms with E-state index in [0.717, 1.165) is 19.1 Å². The molecule has 2 rings (SSSR count). The van der Waals surface area contributed by atoms with E-state index in [1.165, 1.54) is 32.1 Å². The number of hydrogen-bond acceptors (Lipinski definition) is 2. The molecule has 1 aromatic heterocycles. The molecule has 3 nitrogen and oxygen atoms in total. The van der Waals surface area contributed by atoms with Crippen molar-refractivity contribution in [3.05, 3.63) is 18.5 Å². The van der Waals surface area contributed by atoms with Crippen molar-refractivity contribution < 1.29 is 0 Å². The van der Waals surface area contributed by atoms with E-state index in [4.69, 9.17) is 0 Å². The van der Waals surface area contributed by atoms with Gasteiger partial charge >= 0.3 is 0 Å². The third-order valence-corrected chi connectivity index (χ3v) is 3.90. The second-order valence-corrected chi connectivity index (χ2v) is 6.02. The Morgan fingerprint density at radius 2 is 2.12 bits per heavy atom. The highest BCUT2D eigenvalue weighted by Crippen LogP contribution is 2.34. The highest BCUT2D eigenvalue weighted by molar-refractivity contribution is 4.82. The van der Waals surface area contributed by atoms with Crippen LogP contribution in [0.15, 0.2) is 18.5 Å². The molecule has 0 aliphatic heterocycles. The molecule has 1 N–H and O–H groups in total. The van der Waals surface area contributed by atoms with E-state index in [2.05, 4.69) is 24.3 Å². The van der Waals surface area contributed by atoms with Gasteiger partial charge in [0.05, 0.1) is 0 Å². The van der Waals surface area contributed by atoms with Crippen molar-refractivity contribution in [3.63, 3.8) is 0 Å². The van der Waals surface area contributed by atoms with Gasteiger partial charge in [-0.15, -0.1) is 0 Å². The van der Waals surface area contributed by atoms with Gasteiger partial charge in [0.25, 0.3) is 0 Å². The molecule has 0 amide bonds. The van der Waals surface area contributed by atoms with Gasteiger partial charge in [0.15, 0.2) is 0 Å². The van der Waals surface area contributed by atoms with Crippen LogP contribution in [0.4, 0.5) is 0 Å². The van der Waals surface area contributed by atoms with Crippen LogP contribution in [0.25, 0.3) is 0 Å². The predicted molar refractivity (Wildman–Crippen MR) is 70.9 cm³/mol. The molecule has 0 bridgehead atoms. The lowest BCUT2D eigenvalue weighted by Crippen LogP contribution is -2.36. The molecule has 0 radical (unpaired) electrons. The summed E-state index contributed by atoms with van der Waals surface area (Å²) in [5.74, 6) is 0. The zero-order valence-corrected chi connectivity index (χ0v) is 11.2. The van der Waals surface area contributed by atoms with Gasteiger partial charge in [0.2, 0.25) is 0 Å². The van der Waals surface area contributed by atoms with Gasteiger partial charge in [0, 0.05) is 25.0 Å². The Kier molecular flexibility index (Phi) is 4.21. The molecule has 0 unspecified atom stereocenters. The summed E-state index contributed by atoms with van der Waals surface area (Å²) in [7, 11) is 0. The lowest BCUT2D eigenvalue weighted by molar-refractivity contribution is 0.206. The van der Waals surface area contributed by atoms with Crippen LogP contribution in [-0.4, -0.2) is 22.4 Å².